The molecule has 1 aliphatic carbocycles. The zero-order chi connectivity index (χ0) is 14.1. The lowest BCUT2D eigenvalue weighted by molar-refractivity contribution is 0.0932. The maximum atomic E-state index is 13.9. The van der Waals surface area contributed by atoms with Crippen molar-refractivity contribution < 1.29 is 9.50 Å². The van der Waals surface area contributed by atoms with E-state index in [-0.39, 0.29) is 11.7 Å². The molecule has 104 valence electrons. The van der Waals surface area contributed by atoms with Gasteiger partial charge in [-0.2, -0.15) is 0 Å². The SMILES string of the molecule is OC1c2ccccc2CCC1Cc1ccc(Cl)cc1F. The molecule has 2 aromatic rings. The van der Waals surface area contributed by atoms with Crippen molar-refractivity contribution in [2.45, 2.75) is 25.4 Å². The highest BCUT2D eigenvalue weighted by atomic mass is 35.5. The Bertz CT molecular complexity index is 626. The van der Waals surface area contributed by atoms with Gasteiger partial charge >= 0.3 is 0 Å². The number of aliphatic hydroxyl groups is 1. The molecule has 3 rings (SSSR count). The molecule has 2 unspecified atom stereocenters. The number of fused-ring (bicyclic) bond motifs is 1. The highest BCUT2D eigenvalue weighted by Gasteiger charge is 2.28. The smallest absolute Gasteiger partial charge is 0.127 e. The van der Waals surface area contributed by atoms with E-state index >= 15 is 0 Å². The van der Waals surface area contributed by atoms with E-state index in [1.807, 2.05) is 18.2 Å². The van der Waals surface area contributed by atoms with Crippen LogP contribution in [0.4, 0.5) is 4.39 Å². The minimum Gasteiger partial charge on any atom is -0.388 e. The molecule has 3 heteroatoms. The van der Waals surface area contributed by atoms with Gasteiger partial charge in [0.05, 0.1) is 6.10 Å². The third-order valence-corrected chi connectivity index (χ3v) is 4.34. The lowest BCUT2D eigenvalue weighted by Gasteiger charge is -2.30. The summed E-state index contributed by atoms with van der Waals surface area (Å²) in [7, 11) is 0. The van der Waals surface area contributed by atoms with Crippen molar-refractivity contribution in [3.63, 3.8) is 0 Å². The molecule has 1 aliphatic rings. The number of halogens is 2. The highest BCUT2D eigenvalue weighted by Crippen LogP contribution is 2.36. The lowest BCUT2D eigenvalue weighted by atomic mass is 9.78. The third-order valence-electron chi connectivity index (χ3n) is 4.10. The summed E-state index contributed by atoms with van der Waals surface area (Å²) in [6.45, 7) is 0. The monoisotopic (exact) mass is 290 g/mol. The van der Waals surface area contributed by atoms with Crippen LogP contribution in [-0.2, 0) is 12.8 Å². The van der Waals surface area contributed by atoms with Crippen LogP contribution in [0.15, 0.2) is 42.5 Å². The first-order valence-electron chi connectivity index (χ1n) is 6.85. The van der Waals surface area contributed by atoms with Crippen LogP contribution >= 0.6 is 11.6 Å². The molecule has 0 fully saturated rings. The number of hydrogen-bond donors (Lipinski definition) is 1. The zero-order valence-corrected chi connectivity index (χ0v) is 11.8. The first-order valence-corrected chi connectivity index (χ1v) is 7.23. The van der Waals surface area contributed by atoms with Gasteiger partial charge in [0.15, 0.2) is 0 Å². The number of rotatable bonds is 2. The van der Waals surface area contributed by atoms with E-state index in [0.717, 1.165) is 18.4 Å². The lowest BCUT2D eigenvalue weighted by Crippen LogP contribution is -2.22. The fraction of sp³-hybridized carbons (Fsp3) is 0.294. The predicted octanol–water partition coefficient (Wildman–Crippen LogP) is 4.32. The fourth-order valence-electron chi connectivity index (χ4n) is 2.99. The normalized spacial score (nSPS) is 21.6. The third kappa shape index (κ3) is 2.58. The number of aryl methyl sites for hydroxylation is 1. The standard InChI is InChI=1S/C17H16ClFO/c18-14-8-7-12(16(19)10-14)9-13-6-5-11-3-1-2-4-15(11)17(13)20/h1-4,7-8,10,13,17,20H,5-6,9H2. The van der Waals surface area contributed by atoms with E-state index in [2.05, 4.69) is 6.07 Å². The first-order chi connectivity index (χ1) is 9.65. The number of hydrogen-bond acceptors (Lipinski definition) is 1. The molecule has 0 spiro atoms. The van der Waals surface area contributed by atoms with Crippen LogP contribution in [0.25, 0.3) is 0 Å². The Morgan fingerprint density at radius 2 is 2.00 bits per heavy atom. The summed E-state index contributed by atoms with van der Waals surface area (Å²) in [6.07, 6.45) is 1.83. The molecule has 1 nitrogen and oxygen atoms in total. The minimum atomic E-state index is -0.518. The maximum absolute atomic E-state index is 13.9. The average Bonchev–Trinajstić information content (AvgIpc) is 2.45. The summed E-state index contributed by atoms with van der Waals surface area (Å²) >= 11 is 5.77. The Morgan fingerprint density at radius 3 is 2.80 bits per heavy atom. The largest absolute Gasteiger partial charge is 0.388 e. The molecule has 0 aromatic heterocycles. The molecule has 0 bridgehead atoms. The second kappa shape index (κ2) is 5.55. The minimum absolute atomic E-state index is 0.0561. The molecule has 0 heterocycles. The van der Waals surface area contributed by atoms with Gasteiger partial charge in [-0.3, -0.25) is 0 Å². The fourth-order valence-corrected chi connectivity index (χ4v) is 3.15. The van der Waals surface area contributed by atoms with Crippen LogP contribution in [0.2, 0.25) is 5.02 Å². The Hall–Kier alpha value is -1.38. The van der Waals surface area contributed by atoms with E-state index in [1.54, 1.807) is 12.1 Å². The van der Waals surface area contributed by atoms with E-state index in [9.17, 15) is 9.50 Å². The van der Waals surface area contributed by atoms with E-state index in [4.69, 9.17) is 11.6 Å². The summed E-state index contributed by atoms with van der Waals surface area (Å²) in [5.41, 5.74) is 2.81. The summed E-state index contributed by atoms with van der Waals surface area (Å²) in [6, 6.07) is 12.7. The van der Waals surface area contributed by atoms with Gasteiger partial charge in [-0.25, -0.2) is 4.39 Å². The van der Waals surface area contributed by atoms with Crippen molar-refractivity contribution in [1.29, 1.82) is 0 Å². The Balaban J connectivity index is 1.83. The molecular formula is C17H16ClFO. The summed E-state index contributed by atoms with van der Waals surface area (Å²) in [4.78, 5) is 0. The maximum Gasteiger partial charge on any atom is 0.127 e. The van der Waals surface area contributed by atoms with Crippen molar-refractivity contribution in [2.24, 2.45) is 5.92 Å². The molecule has 0 saturated heterocycles. The Kier molecular flexibility index (Phi) is 3.77. The summed E-state index contributed by atoms with van der Waals surface area (Å²) in [5.74, 6) is -0.232. The van der Waals surface area contributed by atoms with Gasteiger partial charge in [0.1, 0.15) is 5.82 Å². The predicted molar refractivity (Wildman–Crippen MR) is 78.3 cm³/mol. The van der Waals surface area contributed by atoms with E-state index < -0.39 is 6.10 Å². The average molecular weight is 291 g/mol. The molecule has 20 heavy (non-hydrogen) atoms. The van der Waals surface area contributed by atoms with E-state index in [0.29, 0.717) is 17.0 Å². The Morgan fingerprint density at radius 1 is 1.20 bits per heavy atom. The number of aliphatic hydroxyl groups excluding tert-OH is 1. The van der Waals surface area contributed by atoms with Gasteiger partial charge in [-0.05, 0) is 54.0 Å². The van der Waals surface area contributed by atoms with Crippen molar-refractivity contribution in [2.75, 3.05) is 0 Å². The summed E-state index contributed by atoms with van der Waals surface area (Å²) in [5, 5.41) is 10.9. The van der Waals surface area contributed by atoms with Crippen LogP contribution in [0.1, 0.15) is 29.2 Å². The Labute approximate surface area is 123 Å². The second-order valence-corrected chi connectivity index (χ2v) is 5.82. The molecule has 0 amide bonds. The quantitative estimate of drug-likeness (QED) is 0.873. The van der Waals surface area contributed by atoms with Crippen LogP contribution < -0.4 is 0 Å². The molecule has 2 atom stereocenters. The van der Waals surface area contributed by atoms with Crippen LogP contribution in [0.3, 0.4) is 0 Å². The van der Waals surface area contributed by atoms with Crippen molar-refractivity contribution in [3.05, 3.63) is 70.0 Å². The van der Waals surface area contributed by atoms with E-state index in [1.165, 1.54) is 11.6 Å². The van der Waals surface area contributed by atoms with Gasteiger partial charge in [-0.1, -0.05) is 41.9 Å². The first kappa shape index (κ1) is 13.6. The van der Waals surface area contributed by atoms with Crippen LogP contribution in [-0.4, -0.2) is 5.11 Å². The molecule has 0 saturated carbocycles. The zero-order valence-electron chi connectivity index (χ0n) is 11.0. The molecule has 0 aliphatic heterocycles. The van der Waals surface area contributed by atoms with Gasteiger partial charge < -0.3 is 5.11 Å². The molecular weight excluding hydrogens is 275 g/mol. The van der Waals surface area contributed by atoms with Gasteiger partial charge in [0.2, 0.25) is 0 Å². The number of benzene rings is 2. The van der Waals surface area contributed by atoms with Crippen LogP contribution in [0.5, 0.6) is 0 Å². The van der Waals surface area contributed by atoms with Crippen molar-refractivity contribution >= 4 is 11.6 Å². The topological polar surface area (TPSA) is 20.2 Å². The van der Waals surface area contributed by atoms with Gasteiger partial charge in [-0.15, -0.1) is 0 Å². The van der Waals surface area contributed by atoms with Gasteiger partial charge in [0.25, 0.3) is 0 Å². The van der Waals surface area contributed by atoms with Gasteiger partial charge in [0, 0.05) is 5.02 Å². The molecule has 1 N–H and O–H groups in total. The molecule has 0 radical (unpaired) electrons. The highest BCUT2D eigenvalue weighted by molar-refractivity contribution is 6.30. The van der Waals surface area contributed by atoms with Crippen molar-refractivity contribution in [3.8, 4) is 0 Å². The van der Waals surface area contributed by atoms with Crippen molar-refractivity contribution in [1.82, 2.24) is 0 Å². The molecule has 2 aromatic carbocycles. The van der Waals surface area contributed by atoms with Crippen LogP contribution in [0, 0.1) is 11.7 Å². The summed E-state index contributed by atoms with van der Waals surface area (Å²) < 4.78 is 13.9. The second-order valence-electron chi connectivity index (χ2n) is 5.38.